The van der Waals surface area contributed by atoms with E-state index >= 15 is 0 Å². The van der Waals surface area contributed by atoms with Crippen molar-refractivity contribution in [3.05, 3.63) is 56.5 Å². The fourth-order valence-electron chi connectivity index (χ4n) is 2.37. The van der Waals surface area contributed by atoms with Crippen molar-refractivity contribution in [2.24, 2.45) is 5.10 Å². The summed E-state index contributed by atoms with van der Waals surface area (Å²) in [5, 5.41) is 4.34. The van der Waals surface area contributed by atoms with Crippen molar-refractivity contribution in [2.75, 3.05) is 36.1 Å². The molecule has 0 atom stereocenters. The number of sulfonamides is 1. The Morgan fingerprint density at radius 3 is 2.45 bits per heavy atom. The minimum absolute atomic E-state index is 0.115. The highest BCUT2D eigenvalue weighted by molar-refractivity contribution is 9.10. The van der Waals surface area contributed by atoms with Gasteiger partial charge in [0.15, 0.2) is 0 Å². The van der Waals surface area contributed by atoms with Gasteiger partial charge in [-0.15, -0.1) is 0 Å². The molecule has 7 nitrogen and oxygen atoms in total. The standard InChI is InChI=1S/C18H19BrCl2N4O3S/c1-24(2)16-7-4-12(8-14(16)19)10-22-23-18(26)11-25(29(3,27)28)17-9-13(20)5-6-15(17)21/h4-10H,11H2,1-3H3,(H,23,26)/b22-10-. The number of carbonyl (C=O) groups is 1. The maximum atomic E-state index is 12.2. The van der Waals surface area contributed by atoms with Gasteiger partial charge in [-0.05, 0) is 51.8 Å². The minimum atomic E-state index is -3.78. The van der Waals surface area contributed by atoms with Gasteiger partial charge in [0.2, 0.25) is 10.0 Å². The predicted octanol–water partition coefficient (Wildman–Crippen LogP) is 3.74. The van der Waals surface area contributed by atoms with Gasteiger partial charge in [0.05, 0.1) is 28.9 Å². The third-order valence-corrected chi connectivity index (χ3v) is 6.04. The summed E-state index contributed by atoms with van der Waals surface area (Å²) in [5.74, 6) is -0.633. The predicted molar refractivity (Wildman–Crippen MR) is 123 cm³/mol. The molecule has 0 saturated carbocycles. The topological polar surface area (TPSA) is 82.1 Å². The first-order valence-corrected chi connectivity index (χ1v) is 11.6. The van der Waals surface area contributed by atoms with Gasteiger partial charge in [-0.1, -0.05) is 29.3 Å². The number of hydrogen-bond acceptors (Lipinski definition) is 5. The highest BCUT2D eigenvalue weighted by Crippen LogP contribution is 2.30. The molecule has 2 aromatic carbocycles. The van der Waals surface area contributed by atoms with Crippen LogP contribution in [0.15, 0.2) is 46.0 Å². The molecule has 0 radical (unpaired) electrons. The second kappa shape index (κ2) is 9.80. The number of amides is 1. The van der Waals surface area contributed by atoms with Gasteiger partial charge in [-0.25, -0.2) is 13.8 Å². The van der Waals surface area contributed by atoms with E-state index in [1.165, 1.54) is 24.4 Å². The Morgan fingerprint density at radius 1 is 1.17 bits per heavy atom. The Bertz CT molecular complexity index is 1050. The van der Waals surface area contributed by atoms with Crippen LogP contribution in [-0.4, -0.2) is 47.4 Å². The largest absolute Gasteiger partial charge is 0.377 e. The Balaban J connectivity index is 2.12. The maximum Gasteiger partial charge on any atom is 0.260 e. The maximum absolute atomic E-state index is 12.2. The zero-order valence-electron chi connectivity index (χ0n) is 15.9. The lowest BCUT2D eigenvalue weighted by atomic mass is 10.2. The fraction of sp³-hybridized carbons (Fsp3) is 0.222. The molecule has 2 aromatic rings. The van der Waals surface area contributed by atoms with Gasteiger partial charge in [-0.2, -0.15) is 5.10 Å². The average molecular weight is 522 g/mol. The van der Waals surface area contributed by atoms with Crippen molar-refractivity contribution in [3.8, 4) is 0 Å². The molecule has 1 N–H and O–H groups in total. The van der Waals surface area contributed by atoms with E-state index in [4.69, 9.17) is 23.2 Å². The first kappa shape index (κ1) is 23.5. The van der Waals surface area contributed by atoms with E-state index < -0.39 is 22.5 Å². The molecule has 156 valence electrons. The van der Waals surface area contributed by atoms with Gasteiger partial charge in [0, 0.05) is 23.6 Å². The molecule has 0 aromatic heterocycles. The Labute approximate surface area is 188 Å². The molecule has 0 saturated heterocycles. The molecule has 0 unspecified atom stereocenters. The van der Waals surface area contributed by atoms with E-state index in [1.54, 1.807) is 0 Å². The van der Waals surface area contributed by atoms with Crippen LogP contribution in [0.4, 0.5) is 11.4 Å². The van der Waals surface area contributed by atoms with Crippen LogP contribution in [0.5, 0.6) is 0 Å². The lowest BCUT2D eigenvalue weighted by Gasteiger charge is -2.22. The summed E-state index contributed by atoms with van der Waals surface area (Å²) in [7, 11) is 0.0674. The number of carbonyl (C=O) groups excluding carboxylic acids is 1. The second-order valence-corrected chi connectivity index (χ2v) is 9.87. The molecular weight excluding hydrogens is 503 g/mol. The Morgan fingerprint density at radius 2 is 1.86 bits per heavy atom. The quantitative estimate of drug-likeness (QED) is 0.444. The van der Waals surface area contributed by atoms with Crippen LogP contribution >= 0.6 is 39.1 Å². The summed E-state index contributed by atoms with van der Waals surface area (Å²) < 4.78 is 26.0. The first-order chi connectivity index (χ1) is 13.5. The fourth-order valence-corrected chi connectivity index (χ4v) is 4.42. The third kappa shape index (κ3) is 6.60. The van der Waals surface area contributed by atoms with Crippen LogP contribution in [-0.2, 0) is 14.8 Å². The molecular formula is C18H19BrCl2N4O3S. The van der Waals surface area contributed by atoms with Crippen molar-refractivity contribution in [3.63, 3.8) is 0 Å². The summed E-state index contributed by atoms with van der Waals surface area (Å²) in [6, 6.07) is 9.95. The van der Waals surface area contributed by atoms with Gasteiger partial charge < -0.3 is 4.90 Å². The van der Waals surface area contributed by atoms with Crippen LogP contribution in [0.25, 0.3) is 0 Å². The first-order valence-electron chi connectivity index (χ1n) is 8.20. The molecule has 1 amide bonds. The monoisotopic (exact) mass is 520 g/mol. The molecule has 0 aliphatic carbocycles. The lowest BCUT2D eigenvalue weighted by molar-refractivity contribution is -0.119. The molecule has 0 bridgehead atoms. The summed E-state index contributed by atoms with van der Waals surface area (Å²) in [6.45, 7) is -0.500. The lowest BCUT2D eigenvalue weighted by Crippen LogP contribution is -2.39. The molecule has 11 heteroatoms. The SMILES string of the molecule is CN(C)c1ccc(/C=N\NC(=O)CN(c2cc(Cl)ccc2Cl)S(C)(=O)=O)cc1Br. The zero-order valence-corrected chi connectivity index (χ0v) is 19.8. The van der Waals surface area contributed by atoms with E-state index in [9.17, 15) is 13.2 Å². The summed E-state index contributed by atoms with van der Waals surface area (Å²) >= 11 is 15.5. The number of hydrazone groups is 1. The number of nitrogens with zero attached hydrogens (tertiary/aromatic N) is 3. The molecule has 0 aliphatic heterocycles. The molecule has 2 rings (SSSR count). The third-order valence-electron chi connectivity index (χ3n) is 3.72. The van der Waals surface area contributed by atoms with Gasteiger partial charge in [0.25, 0.3) is 5.91 Å². The molecule has 0 aliphatic rings. The highest BCUT2D eigenvalue weighted by atomic mass is 79.9. The van der Waals surface area contributed by atoms with Gasteiger partial charge in [0.1, 0.15) is 6.54 Å². The highest BCUT2D eigenvalue weighted by Gasteiger charge is 2.23. The molecule has 29 heavy (non-hydrogen) atoms. The summed E-state index contributed by atoms with van der Waals surface area (Å²) in [5.41, 5.74) is 4.18. The van der Waals surface area contributed by atoms with Crippen molar-refractivity contribution >= 4 is 72.7 Å². The van der Waals surface area contributed by atoms with Crippen molar-refractivity contribution in [2.45, 2.75) is 0 Å². The van der Waals surface area contributed by atoms with E-state index in [2.05, 4.69) is 26.5 Å². The second-order valence-electron chi connectivity index (χ2n) is 6.26. The van der Waals surface area contributed by atoms with E-state index in [1.807, 2.05) is 37.2 Å². The number of halogens is 3. The number of nitrogens with one attached hydrogen (secondary N) is 1. The number of benzene rings is 2. The zero-order chi connectivity index (χ0) is 21.8. The number of hydrogen-bond donors (Lipinski definition) is 1. The Kier molecular flexibility index (Phi) is 7.93. The summed E-state index contributed by atoms with van der Waals surface area (Å²) in [4.78, 5) is 14.2. The van der Waals surface area contributed by atoms with Gasteiger partial charge >= 0.3 is 0 Å². The summed E-state index contributed by atoms with van der Waals surface area (Å²) in [6.07, 6.45) is 2.43. The average Bonchev–Trinajstić information content (AvgIpc) is 2.61. The van der Waals surface area contributed by atoms with Crippen molar-refractivity contribution < 1.29 is 13.2 Å². The van der Waals surface area contributed by atoms with Crippen molar-refractivity contribution in [1.29, 1.82) is 0 Å². The number of anilines is 2. The normalized spacial score (nSPS) is 11.5. The van der Waals surface area contributed by atoms with Crippen LogP contribution < -0.4 is 14.6 Å². The van der Waals surface area contributed by atoms with Crippen LogP contribution in [0.2, 0.25) is 10.0 Å². The van der Waals surface area contributed by atoms with E-state index in [0.717, 1.165) is 26.3 Å². The molecule has 0 heterocycles. The van der Waals surface area contributed by atoms with E-state index in [-0.39, 0.29) is 10.7 Å². The van der Waals surface area contributed by atoms with Gasteiger partial charge in [-0.3, -0.25) is 9.10 Å². The van der Waals surface area contributed by atoms with Crippen LogP contribution in [0.3, 0.4) is 0 Å². The minimum Gasteiger partial charge on any atom is -0.377 e. The smallest absolute Gasteiger partial charge is 0.260 e. The van der Waals surface area contributed by atoms with E-state index in [0.29, 0.717) is 5.02 Å². The Hall–Kier alpha value is -1.81. The molecule has 0 fully saturated rings. The van der Waals surface area contributed by atoms with Crippen LogP contribution in [0.1, 0.15) is 5.56 Å². The number of rotatable bonds is 7. The van der Waals surface area contributed by atoms with Crippen molar-refractivity contribution in [1.82, 2.24) is 5.43 Å². The van der Waals surface area contributed by atoms with Crippen LogP contribution in [0, 0.1) is 0 Å². The molecule has 0 spiro atoms.